The maximum Gasteiger partial charge on any atom is 0.306 e. The van der Waals surface area contributed by atoms with Crippen LogP contribution in [0, 0.1) is 5.92 Å². The molecule has 0 radical (unpaired) electrons. The van der Waals surface area contributed by atoms with E-state index < -0.39 is 22.3 Å². The van der Waals surface area contributed by atoms with Crippen molar-refractivity contribution >= 4 is 16.2 Å². The van der Waals surface area contributed by atoms with Crippen LogP contribution in [0.25, 0.3) is 0 Å². The van der Waals surface area contributed by atoms with Crippen molar-refractivity contribution in [1.29, 1.82) is 0 Å². The lowest BCUT2D eigenvalue weighted by atomic mass is 10.2. The molecule has 0 aromatic rings. The average molecular weight is 280 g/mol. The van der Waals surface area contributed by atoms with E-state index in [1.165, 1.54) is 4.31 Å². The van der Waals surface area contributed by atoms with Crippen molar-refractivity contribution < 1.29 is 23.1 Å². The fraction of sp³-hybridized carbons (Fsp3) is 0.900. The second-order valence-electron chi connectivity index (χ2n) is 4.70. The first-order valence-corrected chi connectivity index (χ1v) is 7.33. The zero-order valence-electron chi connectivity index (χ0n) is 10.6. The fourth-order valence-corrected chi connectivity index (χ4v) is 3.00. The summed E-state index contributed by atoms with van der Waals surface area (Å²) in [7, 11) is -3.54. The standard InChI is InChI=1S/C10H20N2O5S/c1-8(2)6-11-18(15,16)12-3-4-17-9(7-12)5-10(13)14/h8-9,11H,3-7H2,1-2H3,(H,13,14). The van der Waals surface area contributed by atoms with E-state index in [0.717, 1.165) is 0 Å². The van der Waals surface area contributed by atoms with Crippen LogP contribution in [0.5, 0.6) is 0 Å². The molecule has 1 rings (SSSR count). The Balaban J connectivity index is 2.57. The molecule has 1 aliphatic heterocycles. The lowest BCUT2D eigenvalue weighted by Crippen LogP contribution is -2.50. The largest absolute Gasteiger partial charge is 0.481 e. The summed E-state index contributed by atoms with van der Waals surface area (Å²) >= 11 is 0. The third-order valence-corrected chi connectivity index (χ3v) is 4.06. The molecule has 0 aromatic carbocycles. The van der Waals surface area contributed by atoms with Crippen molar-refractivity contribution in [2.24, 2.45) is 5.92 Å². The molecule has 8 heteroatoms. The van der Waals surface area contributed by atoms with Crippen LogP contribution in [-0.2, 0) is 19.7 Å². The van der Waals surface area contributed by atoms with Crippen molar-refractivity contribution in [3.63, 3.8) is 0 Å². The first-order valence-electron chi connectivity index (χ1n) is 5.89. The second-order valence-corrected chi connectivity index (χ2v) is 6.45. The van der Waals surface area contributed by atoms with E-state index in [1.54, 1.807) is 0 Å². The number of hydrogen-bond acceptors (Lipinski definition) is 4. The van der Waals surface area contributed by atoms with Crippen LogP contribution in [0.4, 0.5) is 0 Å². The van der Waals surface area contributed by atoms with Gasteiger partial charge in [0, 0.05) is 19.6 Å². The summed E-state index contributed by atoms with van der Waals surface area (Å²) in [6.07, 6.45) is -0.761. The summed E-state index contributed by atoms with van der Waals surface area (Å²) < 4.78 is 32.8. The van der Waals surface area contributed by atoms with Crippen LogP contribution >= 0.6 is 0 Å². The topological polar surface area (TPSA) is 95.9 Å². The third-order valence-electron chi connectivity index (χ3n) is 2.52. The Kier molecular flexibility index (Phi) is 5.51. The Morgan fingerprint density at radius 1 is 1.56 bits per heavy atom. The van der Waals surface area contributed by atoms with Crippen molar-refractivity contribution in [3.8, 4) is 0 Å². The highest BCUT2D eigenvalue weighted by atomic mass is 32.2. The molecule has 0 aliphatic carbocycles. The molecule has 2 N–H and O–H groups in total. The van der Waals surface area contributed by atoms with Gasteiger partial charge in [-0.05, 0) is 5.92 Å². The number of morpholine rings is 1. The molecule has 1 atom stereocenters. The summed E-state index contributed by atoms with van der Waals surface area (Å²) in [4.78, 5) is 10.6. The first-order chi connectivity index (χ1) is 8.31. The number of carboxylic acid groups (broad SMARTS) is 1. The number of nitrogens with zero attached hydrogens (tertiary/aromatic N) is 1. The molecule has 1 saturated heterocycles. The van der Waals surface area contributed by atoms with Crippen LogP contribution in [0.2, 0.25) is 0 Å². The van der Waals surface area contributed by atoms with Gasteiger partial charge < -0.3 is 9.84 Å². The summed E-state index contributed by atoms with van der Waals surface area (Å²) in [6.45, 7) is 4.75. The Bertz CT molecular complexity index is 382. The highest BCUT2D eigenvalue weighted by molar-refractivity contribution is 7.87. The molecular weight excluding hydrogens is 260 g/mol. The minimum absolute atomic E-state index is 0.0831. The number of aliphatic carboxylic acids is 1. The smallest absolute Gasteiger partial charge is 0.306 e. The van der Waals surface area contributed by atoms with Crippen molar-refractivity contribution in [1.82, 2.24) is 9.03 Å². The summed E-state index contributed by atoms with van der Waals surface area (Å²) in [5, 5.41) is 8.67. The van der Waals surface area contributed by atoms with Crippen molar-refractivity contribution in [3.05, 3.63) is 0 Å². The van der Waals surface area contributed by atoms with Crippen LogP contribution in [0.15, 0.2) is 0 Å². The molecule has 0 aromatic heterocycles. The Morgan fingerprint density at radius 3 is 2.78 bits per heavy atom. The van der Waals surface area contributed by atoms with Gasteiger partial charge in [-0.2, -0.15) is 12.7 Å². The number of carboxylic acids is 1. The van der Waals surface area contributed by atoms with Crippen molar-refractivity contribution in [2.75, 3.05) is 26.2 Å². The first kappa shape index (κ1) is 15.4. The van der Waals surface area contributed by atoms with Gasteiger partial charge in [-0.25, -0.2) is 4.72 Å². The van der Waals surface area contributed by atoms with Gasteiger partial charge in [0.25, 0.3) is 10.2 Å². The number of rotatable bonds is 6. The van der Waals surface area contributed by atoms with Crippen LogP contribution in [0.3, 0.4) is 0 Å². The minimum Gasteiger partial charge on any atom is -0.481 e. The molecule has 0 spiro atoms. The number of ether oxygens (including phenoxy) is 1. The van der Waals surface area contributed by atoms with Gasteiger partial charge >= 0.3 is 5.97 Å². The van der Waals surface area contributed by atoms with E-state index >= 15 is 0 Å². The zero-order chi connectivity index (χ0) is 13.8. The molecule has 0 bridgehead atoms. The molecule has 18 heavy (non-hydrogen) atoms. The molecule has 1 fully saturated rings. The Labute approximate surface area is 107 Å². The summed E-state index contributed by atoms with van der Waals surface area (Å²) in [5.41, 5.74) is 0. The molecular formula is C10H20N2O5S. The lowest BCUT2D eigenvalue weighted by molar-refractivity contribution is -0.141. The zero-order valence-corrected chi connectivity index (χ0v) is 11.4. The monoisotopic (exact) mass is 280 g/mol. The van der Waals surface area contributed by atoms with Crippen LogP contribution in [-0.4, -0.2) is 56.1 Å². The summed E-state index contributed by atoms with van der Waals surface area (Å²) in [5.74, 6) is -0.773. The predicted octanol–water partition coefficient (Wildman–Crippen LogP) is -0.348. The van der Waals surface area contributed by atoms with Gasteiger partial charge in [0.2, 0.25) is 0 Å². The van der Waals surface area contributed by atoms with Gasteiger partial charge in [-0.15, -0.1) is 0 Å². The number of hydrogen-bond donors (Lipinski definition) is 2. The van der Waals surface area contributed by atoms with Crippen LogP contribution in [0.1, 0.15) is 20.3 Å². The molecule has 0 saturated carbocycles. The number of carbonyl (C=O) groups is 1. The second kappa shape index (κ2) is 6.46. The van der Waals surface area contributed by atoms with Crippen molar-refractivity contribution in [2.45, 2.75) is 26.4 Å². The van der Waals surface area contributed by atoms with Crippen LogP contribution < -0.4 is 4.72 Å². The predicted molar refractivity (Wildman–Crippen MR) is 65.3 cm³/mol. The van der Waals surface area contributed by atoms with Gasteiger partial charge in [0.1, 0.15) is 0 Å². The molecule has 1 unspecified atom stereocenters. The van der Waals surface area contributed by atoms with Gasteiger partial charge in [0.15, 0.2) is 0 Å². The molecule has 106 valence electrons. The maximum absolute atomic E-state index is 11.9. The van der Waals surface area contributed by atoms with E-state index in [2.05, 4.69) is 4.72 Å². The fourth-order valence-electron chi connectivity index (χ4n) is 1.59. The normalized spacial score (nSPS) is 22.3. The number of nitrogens with one attached hydrogen (secondary N) is 1. The highest BCUT2D eigenvalue weighted by Crippen LogP contribution is 2.11. The van der Waals surface area contributed by atoms with Gasteiger partial charge in [-0.1, -0.05) is 13.8 Å². The van der Waals surface area contributed by atoms with E-state index in [0.29, 0.717) is 6.54 Å². The SMILES string of the molecule is CC(C)CNS(=O)(=O)N1CCOC(CC(=O)O)C1. The van der Waals surface area contributed by atoms with E-state index in [4.69, 9.17) is 9.84 Å². The van der Waals surface area contributed by atoms with E-state index in [1.807, 2.05) is 13.8 Å². The Hall–Kier alpha value is -0.700. The third kappa shape index (κ3) is 4.89. The summed E-state index contributed by atoms with van der Waals surface area (Å²) in [6, 6.07) is 0. The highest BCUT2D eigenvalue weighted by Gasteiger charge is 2.30. The van der Waals surface area contributed by atoms with Gasteiger partial charge in [0.05, 0.1) is 19.1 Å². The van der Waals surface area contributed by atoms with E-state index in [-0.39, 0.29) is 32.0 Å². The lowest BCUT2D eigenvalue weighted by Gasteiger charge is -2.31. The maximum atomic E-state index is 11.9. The quantitative estimate of drug-likeness (QED) is 0.693. The van der Waals surface area contributed by atoms with E-state index in [9.17, 15) is 13.2 Å². The average Bonchev–Trinajstić information content (AvgIpc) is 2.26. The molecule has 0 amide bonds. The molecule has 1 heterocycles. The minimum atomic E-state index is -3.54. The molecule has 1 aliphatic rings. The molecule has 7 nitrogen and oxygen atoms in total. The van der Waals surface area contributed by atoms with Gasteiger partial charge in [-0.3, -0.25) is 4.79 Å². The Morgan fingerprint density at radius 2 is 2.22 bits per heavy atom.